The monoisotopic (exact) mass is 394 g/mol. The van der Waals surface area contributed by atoms with Gasteiger partial charge >= 0.3 is 6.03 Å². The van der Waals surface area contributed by atoms with E-state index in [1.807, 2.05) is 19.1 Å². The van der Waals surface area contributed by atoms with Gasteiger partial charge in [0.2, 0.25) is 0 Å². The average Bonchev–Trinajstić information content (AvgIpc) is 2.67. The Balaban J connectivity index is 1.64. The van der Waals surface area contributed by atoms with Crippen LogP contribution in [0.1, 0.15) is 22.4 Å². The Labute approximate surface area is 167 Å². The Morgan fingerprint density at radius 2 is 1.93 bits per heavy atom. The maximum Gasteiger partial charge on any atom is 0.320 e. The van der Waals surface area contributed by atoms with Crippen LogP contribution in [0.3, 0.4) is 0 Å². The van der Waals surface area contributed by atoms with Gasteiger partial charge in [-0.2, -0.15) is 0 Å². The number of rotatable bonds is 5. The zero-order chi connectivity index (χ0) is 20.1. The number of aromatic nitrogens is 2. The Morgan fingerprint density at radius 3 is 2.61 bits per heavy atom. The van der Waals surface area contributed by atoms with Crippen LogP contribution < -0.4 is 16.4 Å². The van der Waals surface area contributed by atoms with Gasteiger partial charge in [-0.05, 0) is 36.8 Å². The highest BCUT2D eigenvalue weighted by Crippen LogP contribution is 2.19. The molecule has 0 fully saturated rings. The normalized spacial score (nSPS) is 10.4. The Bertz CT molecular complexity index is 1020. The lowest BCUT2D eigenvalue weighted by Crippen LogP contribution is -2.28. The molecule has 5 N–H and O–H groups in total. The lowest BCUT2D eigenvalue weighted by molar-refractivity contribution is 0.251. The van der Waals surface area contributed by atoms with Gasteiger partial charge in [-0.3, -0.25) is 15.7 Å². The molecule has 0 aliphatic rings. The summed E-state index contributed by atoms with van der Waals surface area (Å²) in [6.07, 6.45) is 3.12. The summed E-state index contributed by atoms with van der Waals surface area (Å²) < 4.78 is 0. The summed E-state index contributed by atoms with van der Waals surface area (Å²) in [5, 5.41) is 14.3. The van der Waals surface area contributed by atoms with Gasteiger partial charge in [0.1, 0.15) is 5.82 Å². The third kappa shape index (κ3) is 4.83. The SMILES string of the molecule is Cc1cc(C(=N)c2cnc(NC(=O)NCc3ccc(Cl)cc3)cc2N)ccn1. The van der Waals surface area contributed by atoms with Crippen LogP contribution in [0.2, 0.25) is 5.02 Å². The molecule has 142 valence electrons. The van der Waals surface area contributed by atoms with E-state index < -0.39 is 6.03 Å². The number of nitrogens with one attached hydrogen (secondary N) is 3. The standard InChI is InChI=1S/C20H19ClN6O/c1-12-8-14(6-7-24-12)19(23)16-11-25-18(9-17(16)22)27-20(28)26-10-13-2-4-15(21)5-3-13/h2-9,11,23H,10H2,1H3,(H4,22,25,26,27,28). The summed E-state index contributed by atoms with van der Waals surface area (Å²) in [7, 11) is 0. The molecule has 8 heteroatoms. The first kappa shape index (κ1) is 19.3. The first-order chi connectivity index (χ1) is 13.4. The smallest absolute Gasteiger partial charge is 0.320 e. The van der Waals surface area contributed by atoms with Crippen molar-refractivity contribution >= 4 is 34.8 Å². The summed E-state index contributed by atoms with van der Waals surface area (Å²) >= 11 is 5.84. The molecule has 1 aromatic carbocycles. The number of anilines is 2. The maximum atomic E-state index is 12.1. The number of urea groups is 1. The highest BCUT2D eigenvalue weighted by atomic mass is 35.5. The van der Waals surface area contributed by atoms with Crippen molar-refractivity contribution in [1.82, 2.24) is 15.3 Å². The van der Waals surface area contributed by atoms with Gasteiger partial charge in [0, 0.05) is 52.5 Å². The van der Waals surface area contributed by atoms with Crippen LogP contribution in [0.15, 0.2) is 54.9 Å². The van der Waals surface area contributed by atoms with Crippen molar-refractivity contribution in [2.75, 3.05) is 11.1 Å². The van der Waals surface area contributed by atoms with Crippen molar-refractivity contribution in [2.45, 2.75) is 13.5 Å². The lowest BCUT2D eigenvalue weighted by atomic mass is 10.0. The molecule has 0 bridgehead atoms. The lowest BCUT2D eigenvalue weighted by Gasteiger charge is -2.11. The van der Waals surface area contributed by atoms with Gasteiger partial charge in [0.25, 0.3) is 0 Å². The Hall–Kier alpha value is -3.45. The van der Waals surface area contributed by atoms with Gasteiger partial charge in [-0.1, -0.05) is 23.7 Å². The predicted octanol–water partition coefficient (Wildman–Crippen LogP) is 3.76. The molecule has 2 amide bonds. The Morgan fingerprint density at radius 1 is 1.18 bits per heavy atom. The van der Waals surface area contributed by atoms with Crippen LogP contribution in [0, 0.1) is 12.3 Å². The van der Waals surface area contributed by atoms with Crippen molar-refractivity contribution in [2.24, 2.45) is 0 Å². The fourth-order valence-corrected chi connectivity index (χ4v) is 2.68. The molecule has 2 aromatic heterocycles. The molecule has 0 spiro atoms. The molecule has 0 radical (unpaired) electrons. The predicted molar refractivity (Wildman–Crippen MR) is 111 cm³/mol. The van der Waals surface area contributed by atoms with Crippen LogP contribution in [0.5, 0.6) is 0 Å². The summed E-state index contributed by atoms with van der Waals surface area (Å²) in [6, 6.07) is 11.9. The topological polar surface area (TPSA) is 117 Å². The summed E-state index contributed by atoms with van der Waals surface area (Å²) in [5.74, 6) is 0.300. The van der Waals surface area contributed by atoms with E-state index in [9.17, 15) is 4.79 Å². The quantitative estimate of drug-likeness (QED) is 0.493. The highest BCUT2D eigenvalue weighted by molar-refractivity contribution is 6.30. The summed E-state index contributed by atoms with van der Waals surface area (Å²) in [4.78, 5) is 20.4. The second kappa shape index (κ2) is 8.49. The van der Waals surface area contributed by atoms with Gasteiger partial charge in [0.05, 0.1) is 5.71 Å². The van der Waals surface area contributed by atoms with Crippen LogP contribution in [-0.2, 0) is 6.54 Å². The number of nitrogens with two attached hydrogens (primary N) is 1. The minimum absolute atomic E-state index is 0.245. The number of halogens is 1. The molecule has 2 heterocycles. The van der Waals surface area contributed by atoms with Crippen LogP contribution in [0.25, 0.3) is 0 Å². The van der Waals surface area contributed by atoms with E-state index in [2.05, 4.69) is 20.6 Å². The van der Waals surface area contributed by atoms with Gasteiger partial charge in [0.15, 0.2) is 0 Å². The first-order valence-electron chi connectivity index (χ1n) is 8.49. The molecule has 0 unspecified atom stereocenters. The molecule has 28 heavy (non-hydrogen) atoms. The minimum Gasteiger partial charge on any atom is -0.398 e. The molecule has 0 aliphatic heterocycles. The van der Waals surface area contributed by atoms with Crippen molar-refractivity contribution < 1.29 is 4.79 Å². The fraction of sp³-hybridized carbons (Fsp3) is 0.100. The number of nitrogen functional groups attached to an aromatic ring is 1. The van der Waals surface area contributed by atoms with E-state index >= 15 is 0 Å². The average molecular weight is 395 g/mol. The number of pyridine rings is 2. The van der Waals surface area contributed by atoms with Gasteiger partial charge in [-0.15, -0.1) is 0 Å². The van der Waals surface area contributed by atoms with Crippen LogP contribution in [-0.4, -0.2) is 21.7 Å². The zero-order valence-electron chi connectivity index (χ0n) is 15.2. The molecular formula is C20H19ClN6O. The van der Waals surface area contributed by atoms with Crippen LogP contribution in [0.4, 0.5) is 16.3 Å². The molecule has 3 aromatic rings. The minimum atomic E-state index is -0.408. The second-order valence-electron chi connectivity index (χ2n) is 6.15. The number of amides is 2. The van der Waals surface area contributed by atoms with E-state index in [0.717, 1.165) is 11.3 Å². The van der Waals surface area contributed by atoms with Crippen molar-refractivity contribution in [3.8, 4) is 0 Å². The maximum absolute atomic E-state index is 12.1. The molecular weight excluding hydrogens is 376 g/mol. The summed E-state index contributed by atoms with van der Waals surface area (Å²) in [6.45, 7) is 2.21. The van der Waals surface area contributed by atoms with E-state index in [0.29, 0.717) is 34.2 Å². The number of aryl methyl sites for hydroxylation is 1. The molecule has 0 aliphatic carbocycles. The second-order valence-corrected chi connectivity index (χ2v) is 6.59. The number of nitrogens with zero attached hydrogens (tertiary/aromatic N) is 2. The number of carbonyl (C=O) groups excluding carboxylic acids is 1. The number of benzene rings is 1. The zero-order valence-corrected chi connectivity index (χ0v) is 15.9. The molecule has 0 saturated heterocycles. The van der Waals surface area contributed by atoms with Crippen molar-refractivity contribution in [3.05, 3.63) is 82.3 Å². The van der Waals surface area contributed by atoms with Gasteiger partial charge in [-0.25, -0.2) is 9.78 Å². The van der Waals surface area contributed by atoms with E-state index in [-0.39, 0.29) is 5.71 Å². The summed E-state index contributed by atoms with van der Waals surface area (Å²) in [5.41, 5.74) is 9.58. The highest BCUT2D eigenvalue weighted by Gasteiger charge is 2.12. The third-order valence-electron chi connectivity index (χ3n) is 4.00. The van der Waals surface area contributed by atoms with Crippen molar-refractivity contribution in [1.29, 1.82) is 5.41 Å². The van der Waals surface area contributed by atoms with E-state index in [1.54, 1.807) is 30.5 Å². The molecule has 3 rings (SSSR count). The van der Waals surface area contributed by atoms with Crippen LogP contribution >= 0.6 is 11.6 Å². The number of carbonyl (C=O) groups is 1. The Kier molecular flexibility index (Phi) is 5.86. The van der Waals surface area contributed by atoms with E-state index in [4.69, 9.17) is 22.7 Å². The van der Waals surface area contributed by atoms with Crippen molar-refractivity contribution in [3.63, 3.8) is 0 Å². The first-order valence-corrected chi connectivity index (χ1v) is 8.87. The molecule has 0 saturated carbocycles. The molecule has 7 nitrogen and oxygen atoms in total. The largest absolute Gasteiger partial charge is 0.398 e. The fourth-order valence-electron chi connectivity index (χ4n) is 2.55. The van der Waals surface area contributed by atoms with Gasteiger partial charge < -0.3 is 11.1 Å². The third-order valence-corrected chi connectivity index (χ3v) is 4.25. The number of hydrogen-bond donors (Lipinski definition) is 4. The number of hydrogen-bond acceptors (Lipinski definition) is 5. The van der Waals surface area contributed by atoms with E-state index in [1.165, 1.54) is 12.3 Å². The molecule has 0 atom stereocenters.